The lowest BCUT2D eigenvalue weighted by atomic mass is 10.4. The summed E-state index contributed by atoms with van der Waals surface area (Å²) < 4.78 is 0. The van der Waals surface area contributed by atoms with Crippen LogP contribution in [0.1, 0.15) is 13.8 Å². The second kappa shape index (κ2) is 5.31. The summed E-state index contributed by atoms with van der Waals surface area (Å²) in [6, 6.07) is 0. The summed E-state index contributed by atoms with van der Waals surface area (Å²) in [5, 5.41) is 2.62. The summed E-state index contributed by atoms with van der Waals surface area (Å²) in [7, 11) is 0. The van der Waals surface area contributed by atoms with Crippen molar-refractivity contribution in [2.75, 3.05) is 6.54 Å². The van der Waals surface area contributed by atoms with Crippen molar-refractivity contribution in [1.82, 2.24) is 5.32 Å². The summed E-state index contributed by atoms with van der Waals surface area (Å²) in [6.07, 6.45) is 0. The zero-order valence-corrected chi connectivity index (χ0v) is 7.66. The highest BCUT2D eigenvalue weighted by Crippen LogP contribution is 1.94. The first-order chi connectivity index (χ1) is 4.68. The standard InChI is InChI=1S/C7H10BrNO/c1-3-4-5-9-7(10)6(2)8/h6H,5H2,1-2H3,(H,9,10). The number of carbonyl (C=O) groups is 1. The van der Waals surface area contributed by atoms with E-state index in [-0.39, 0.29) is 10.7 Å². The molecule has 56 valence electrons. The molecule has 0 aromatic rings. The molecule has 0 heterocycles. The summed E-state index contributed by atoms with van der Waals surface area (Å²) in [4.78, 5) is 10.7. The van der Waals surface area contributed by atoms with Crippen molar-refractivity contribution in [3.8, 4) is 11.8 Å². The van der Waals surface area contributed by atoms with Gasteiger partial charge < -0.3 is 5.32 Å². The molecule has 0 saturated heterocycles. The van der Waals surface area contributed by atoms with Crippen molar-refractivity contribution in [2.24, 2.45) is 0 Å². The van der Waals surface area contributed by atoms with Crippen molar-refractivity contribution >= 4 is 21.8 Å². The number of amides is 1. The van der Waals surface area contributed by atoms with Crippen LogP contribution in [0.4, 0.5) is 0 Å². The monoisotopic (exact) mass is 203 g/mol. The number of rotatable bonds is 2. The molecule has 3 heteroatoms. The maximum atomic E-state index is 10.8. The molecule has 0 fully saturated rings. The second-order valence-corrected chi connectivity index (χ2v) is 3.13. The van der Waals surface area contributed by atoms with Gasteiger partial charge in [-0.3, -0.25) is 4.79 Å². The minimum atomic E-state index is -0.133. The van der Waals surface area contributed by atoms with Crippen LogP contribution in [-0.4, -0.2) is 17.3 Å². The average Bonchev–Trinajstić information content (AvgIpc) is 1.88. The van der Waals surface area contributed by atoms with Crippen LogP contribution in [0.3, 0.4) is 0 Å². The maximum absolute atomic E-state index is 10.8. The van der Waals surface area contributed by atoms with Crippen LogP contribution in [0, 0.1) is 11.8 Å². The van der Waals surface area contributed by atoms with Gasteiger partial charge in [0, 0.05) is 0 Å². The predicted molar refractivity (Wildman–Crippen MR) is 44.8 cm³/mol. The van der Waals surface area contributed by atoms with E-state index in [2.05, 4.69) is 33.1 Å². The van der Waals surface area contributed by atoms with Crippen LogP contribution in [0.15, 0.2) is 0 Å². The maximum Gasteiger partial charge on any atom is 0.234 e. The Morgan fingerprint density at radius 1 is 1.80 bits per heavy atom. The Hall–Kier alpha value is -0.490. The van der Waals surface area contributed by atoms with E-state index in [0.717, 1.165) is 0 Å². The Morgan fingerprint density at radius 2 is 2.40 bits per heavy atom. The van der Waals surface area contributed by atoms with Gasteiger partial charge in [-0.15, -0.1) is 5.92 Å². The van der Waals surface area contributed by atoms with E-state index >= 15 is 0 Å². The molecule has 1 unspecified atom stereocenters. The highest BCUT2D eigenvalue weighted by molar-refractivity contribution is 9.10. The summed E-state index contributed by atoms with van der Waals surface area (Å²) in [5.74, 6) is 5.39. The van der Waals surface area contributed by atoms with Crippen LogP contribution in [0.5, 0.6) is 0 Å². The lowest BCUT2D eigenvalue weighted by Gasteiger charge is -2.00. The molecule has 0 spiro atoms. The summed E-state index contributed by atoms with van der Waals surface area (Å²) in [6.45, 7) is 3.95. The quantitative estimate of drug-likeness (QED) is 0.525. The van der Waals surface area contributed by atoms with Crippen LogP contribution >= 0.6 is 15.9 Å². The van der Waals surface area contributed by atoms with Gasteiger partial charge in [-0.2, -0.15) is 0 Å². The molecule has 0 aliphatic carbocycles. The van der Waals surface area contributed by atoms with Gasteiger partial charge in [0.25, 0.3) is 0 Å². The number of carbonyl (C=O) groups excluding carboxylic acids is 1. The van der Waals surface area contributed by atoms with Crippen LogP contribution in [0.2, 0.25) is 0 Å². The molecule has 1 atom stereocenters. The lowest BCUT2D eigenvalue weighted by Crippen LogP contribution is -2.29. The van der Waals surface area contributed by atoms with Crippen LogP contribution in [-0.2, 0) is 4.79 Å². The van der Waals surface area contributed by atoms with Crippen molar-refractivity contribution in [2.45, 2.75) is 18.7 Å². The molecule has 0 aliphatic rings. The molecule has 0 radical (unpaired) electrons. The van der Waals surface area contributed by atoms with E-state index in [1.54, 1.807) is 13.8 Å². The molecule has 0 aromatic heterocycles. The van der Waals surface area contributed by atoms with E-state index in [1.165, 1.54) is 0 Å². The third kappa shape index (κ3) is 4.39. The fourth-order valence-electron chi connectivity index (χ4n) is 0.360. The molecule has 0 aliphatic heterocycles. The first-order valence-corrected chi connectivity index (χ1v) is 3.91. The normalized spacial score (nSPS) is 11.1. The largest absolute Gasteiger partial charge is 0.344 e. The molecule has 1 N–H and O–H groups in total. The van der Waals surface area contributed by atoms with Gasteiger partial charge >= 0.3 is 0 Å². The Balaban J connectivity index is 3.47. The smallest absolute Gasteiger partial charge is 0.234 e. The number of hydrogen-bond donors (Lipinski definition) is 1. The molecule has 1 amide bonds. The first kappa shape index (κ1) is 9.51. The van der Waals surface area contributed by atoms with Gasteiger partial charge in [0.2, 0.25) is 5.91 Å². The van der Waals surface area contributed by atoms with Gasteiger partial charge in [0.1, 0.15) is 0 Å². The molecule has 2 nitrogen and oxygen atoms in total. The molecule has 0 aromatic carbocycles. The minimum Gasteiger partial charge on any atom is -0.344 e. The van der Waals surface area contributed by atoms with Gasteiger partial charge in [0.15, 0.2) is 0 Å². The Labute approximate surface area is 69.5 Å². The zero-order chi connectivity index (χ0) is 7.98. The lowest BCUT2D eigenvalue weighted by molar-refractivity contribution is -0.119. The molecular weight excluding hydrogens is 194 g/mol. The molecule has 0 rings (SSSR count). The van der Waals surface area contributed by atoms with Gasteiger partial charge in [-0.25, -0.2) is 0 Å². The van der Waals surface area contributed by atoms with E-state index in [9.17, 15) is 4.79 Å². The van der Waals surface area contributed by atoms with Gasteiger partial charge in [0.05, 0.1) is 11.4 Å². The summed E-state index contributed by atoms with van der Waals surface area (Å²) >= 11 is 3.13. The molecule has 0 bridgehead atoms. The number of halogens is 1. The molecule has 0 saturated carbocycles. The topological polar surface area (TPSA) is 29.1 Å². The Morgan fingerprint density at radius 3 is 2.80 bits per heavy atom. The zero-order valence-electron chi connectivity index (χ0n) is 6.07. The minimum absolute atomic E-state index is 0.0252. The van der Waals surface area contributed by atoms with Crippen molar-refractivity contribution < 1.29 is 4.79 Å². The summed E-state index contributed by atoms with van der Waals surface area (Å²) in [5.41, 5.74) is 0. The van der Waals surface area contributed by atoms with Crippen LogP contribution < -0.4 is 5.32 Å². The molecular formula is C7H10BrNO. The van der Waals surface area contributed by atoms with Gasteiger partial charge in [-0.05, 0) is 13.8 Å². The first-order valence-electron chi connectivity index (χ1n) is 3.00. The number of nitrogens with one attached hydrogen (secondary N) is 1. The van der Waals surface area contributed by atoms with Crippen molar-refractivity contribution in [1.29, 1.82) is 0 Å². The van der Waals surface area contributed by atoms with Crippen molar-refractivity contribution in [3.05, 3.63) is 0 Å². The average molecular weight is 204 g/mol. The SMILES string of the molecule is CC#CCNC(=O)C(C)Br. The highest BCUT2D eigenvalue weighted by atomic mass is 79.9. The fourth-order valence-corrected chi connectivity index (χ4v) is 0.522. The fraction of sp³-hybridized carbons (Fsp3) is 0.571. The third-order valence-electron chi connectivity index (χ3n) is 0.889. The highest BCUT2D eigenvalue weighted by Gasteiger charge is 2.04. The van der Waals surface area contributed by atoms with E-state index in [4.69, 9.17) is 0 Å². The van der Waals surface area contributed by atoms with Gasteiger partial charge in [-0.1, -0.05) is 21.9 Å². The number of hydrogen-bond acceptors (Lipinski definition) is 1. The van der Waals surface area contributed by atoms with Crippen molar-refractivity contribution in [3.63, 3.8) is 0 Å². The Kier molecular flexibility index (Phi) is 5.05. The second-order valence-electron chi connectivity index (χ2n) is 1.76. The van der Waals surface area contributed by atoms with Crippen LogP contribution in [0.25, 0.3) is 0 Å². The van der Waals surface area contributed by atoms with E-state index in [0.29, 0.717) is 6.54 Å². The Bertz CT molecular complexity index is 166. The van der Waals surface area contributed by atoms with E-state index < -0.39 is 0 Å². The molecule has 10 heavy (non-hydrogen) atoms. The predicted octanol–water partition coefficient (Wildman–Crippen LogP) is 0.909. The van der Waals surface area contributed by atoms with E-state index in [1.807, 2.05) is 0 Å². The number of alkyl halides is 1. The third-order valence-corrected chi connectivity index (χ3v) is 1.30.